The highest BCUT2D eigenvalue weighted by Crippen LogP contribution is 2.18. The third-order valence-corrected chi connectivity index (χ3v) is 3.79. The number of ether oxygens (including phenoxy) is 2. The van der Waals surface area contributed by atoms with Crippen molar-refractivity contribution >= 4 is 40.1 Å². The lowest BCUT2D eigenvalue weighted by atomic mass is 10.1. The van der Waals surface area contributed by atoms with Gasteiger partial charge < -0.3 is 14.8 Å². The third kappa shape index (κ3) is 4.29. The number of nitrogens with zero attached hydrogens (tertiary/aromatic N) is 1. The van der Waals surface area contributed by atoms with Crippen LogP contribution in [0.3, 0.4) is 0 Å². The summed E-state index contributed by atoms with van der Waals surface area (Å²) in [5.74, 6) is -0.423. The van der Waals surface area contributed by atoms with E-state index in [0.717, 1.165) is 5.39 Å². The number of amides is 1. The second-order valence-electron chi connectivity index (χ2n) is 5.40. The summed E-state index contributed by atoms with van der Waals surface area (Å²) in [4.78, 5) is 28.2. The molecule has 1 heterocycles. The quantitative estimate of drug-likeness (QED) is 0.547. The number of rotatable bonds is 5. The number of aromatic nitrogens is 1. The monoisotopic (exact) mass is 370 g/mol. The maximum atomic E-state index is 12.1. The summed E-state index contributed by atoms with van der Waals surface area (Å²) in [5.41, 5.74) is 1.56. The number of methoxy groups -OCH3 is 1. The zero-order chi connectivity index (χ0) is 18.5. The molecule has 7 heteroatoms. The molecule has 1 aromatic heterocycles. The van der Waals surface area contributed by atoms with Gasteiger partial charge in [0.15, 0.2) is 6.61 Å². The number of benzene rings is 2. The Bertz CT molecular complexity index is 975. The van der Waals surface area contributed by atoms with E-state index in [1.165, 1.54) is 7.11 Å². The molecule has 1 N–H and O–H groups in total. The van der Waals surface area contributed by atoms with Gasteiger partial charge in [0.25, 0.3) is 5.91 Å². The molecule has 1 amide bonds. The Kier molecular flexibility index (Phi) is 5.34. The number of halogens is 1. The Morgan fingerprint density at radius 3 is 2.77 bits per heavy atom. The third-order valence-electron chi connectivity index (χ3n) is 3.58. The first kappa shape index (κ1) is 17.7. The number of hydrogen-bond donors (Lipinski definition) is 1. The second kappa shape index (κ2) is 7.84. The Hall–Kier alpha value is -3.12. The summed E-state index contributed by atoms with van der Waals surface area (Å²) in [5, 5.41) is 3.77. The molecular formula is C19H15ClN2O4. The number of carbonyl (C=O) groups excluding carboxylic acids is 2. The van der Waals surface area contributed by atoms with E-state index in [2.05, 4.69) is 10.3 Å². The van der Waals surface area contributed by atoms with Gasteiger partial charge in [-0.2, -0.15) is 0 Å². The smallest absolute Gasteiger partial charge is 0.338 e. The molecule has 3 rings (SSSR count). The van der Waals surface area contributed by atoms with E-state index in [1.54, 1.807) is 54.6 Å². The van der Waals surface area contributed by atoms with Crippen molar-refractivity contribution in [1.82, 2.24) is 4.98 Å². The van der Waals surface area contributed by atoms with Gasteiger partial charge in [-0.1, -0.05) is 17.7 Å². The van der Waals surface area contributed by atoms with Crippen LogP contribution in [0, 0.1) is 0 Å². The fraction of sp³-hybridized carbons (Fsp3) is 0.105. The van der Waals surface area contributed by atoms with E-state index in [0.29, 0.717) is 27.7 Å². The maximum Gasteiger partial charge on any atom is 0.338 e. The molecule has 6 nitrogen and oxygen atoms in total. The molecule has 0 fully saturated rings. The van der Waals surface area contributed by atoms with Crippen LogP contribution in [0.4, 0.5) is 5.69 Å². The number of carbonyl (C=O) groups is 2. The summed E-state index contributed by atoms with van der Waals surface area (Å²) in [7, 11) is 1.54. The predicted octanol–water partition coefficient (Wildman–Crippen LogP) is 3.69. The van der Waals surface area contributed by atoms with Crippen molar-refractivity contribution in [2.24, 2.45) is 0 Å². The zero-order valence-electron chi connectivity index (χ0n) is 13.9. The molecule has 0 atom stereocenters. The van der Waals surface area contributed by atoms with E-state index in [9.17, 15) is 9.59 Å². The van der Waals surface area contributed by atoms with E-state index >= 15 is 0 Å². The molecule has 0 aliphatic carbocycles. The summed E-state index contributed by atoms with van der Waals surface area (Å²) in [6.45, 7) is -0.396. The first-order chi connectivity index (χ1) is 12.5. The summed E-state index contributed by atoms with van der Waals surface area (Å²) in [6, 6.07) is 15.2. The fourth-order valence-electron chi connectivity index (χ4n) is 2.34. The van der Waals surface area contributed by atoms with Crippen LogP contribution in [0.1, 0.15) is 10.4 Å². The number of hydrogen-bond acceptors (Lipinski definition) is 5. The molecule has 2 aromatic carbocycles. The number of fused-ring (bicyclic) bond motifs is 1. The molecule has 0 aliphatic rings. The Morgan fingerprint density at radius 2 is 1.96 bits per heavy atom. The first-order valence-corrected chi connectivity index (χ1v) is 8.10. The topological polar surface area (TPSA) is 77.5 Å². The van der Waals surface area contributed by atoms with Crippen LogP contribution in [0.15, 0.2) is 54.6 Å². The summed E-state index contributed by atoms with van der Waals surface area (Å²) < 4.78 is 10.1. The van der Waals surface area contributed by atoms with Gasteiger partial charge in [0, 0.05) is 17.1 Å². The molecule has 26 heavy (non-hydrogen) atoms. The van der Waals surface area contributed by atoms with Crippen molar-refractivity contribution in [3.05, 3.63) is 65.3 Å². The molecular weight excluding hydrogens is 356 g/mol. The van der Waals surface area contributed by atoms with Gasteiger partial charge in [0.2, 0.25) is 0 Å². The van der Waals surface area contributed by atoms with Crippen molar-refractivity contribution in [2.75, 3.05) is 19.0 Å². The van der Waals surface area contributed by atoms with E-state index in [1.807, 2.05) is 0 Å². The molecule has 0 bridgehead atoms. The van der Waals surface area contributed by atoms with Crippen LogP contribution in [-0.4, -0.2) is 30.6 Å². The van der Waals surface area contributed by atoms with Crippen LogP contribution in [0.2, 0.25) is 5.15 Å². The van der Waals surface area contributed by atoms with Crippen LogP contribution < -0.4 is 10.1 Å². The van der Waals surface area contributed by atoms with Crippen molar-refractivity contribution in [2.45, 2.75) is 0 Å². The average Bonchev–Trinajstić information content (AvgIpc) is 2.65. The molecule has 132 valence electrons. The van der Waals surface area contributed by atoms with Gasteiger partial charge in [-0.05, 0) is 42.5 Å². The van der Waals surface area contributed by atoms with Crippen LogP contribution in [0.5, 0.6) is 5.75 Å². The number of pyridine rings is 1. The van der Waals surface area contributed by atoms with Crippen molar-refractivity contribution in [3.63, 3.8) is 0 Å². The molecule has 0 aliphatic heterocycles. The largest absolute Gasteiger partial charge is 0.497 e. The van der Waals surface area contributed by atoms with Gasteiger partial charge in [-0.3, -0.25) is 4.79 Å². The highest BCUT2D eigenvalue weighted by molar-refractivity contribution is 6.29. The lowest BCUT2D eigenvalue weighted by Gasteiger charge is -2.08. The lowest BCUT2D eigenvalue weighted by molar-refractivity contribution is -0.119. The van der Waals surface area contributed by atoms with Gasteiger partial charge >= 0.3 is 5.97 Å². The van der Waals surface area contributed by atoms with Gasteiger partial charge in [0.05, 0.1) is 18.2 Å². The molecule has 3 aromatic rings. The Labute approximate surface area is 154 Å². The van der Waals surface area contributed by atoms with E-state index in [4.69, 9.17) is 21.1 Å². The average molecular weight is 371 g/mol. The molecule has 0 radical (unpaired) electrons. The SMILES string of the molecule is COc1cccc(NC(=O)COC(=O)c2ccc3nc(Cl)ccc3c2)c1. The second-order valence-corrected chi connectivity index (χ2v) is 5.78. The highest BCUT2D eigenvalue weighted by Gasteiger charge is 2.12. The molecule has 0 saturated heterocycles. The number of esters is 1. The van der Waals surface area contributed by atoms with Gasteiger partial charge in [-0.15, -0.1) is 0 Å². The Balaban J connectivity index is 1.61. The van der Waals surface area contributed by atoms with E-state index < -0.39 is 18.5 Å². The number of nitrogens with one attached hydrogen (secondary N) is 1. The summed E-state index contributed by atoms with van der Waals surface area (Å²) >= 11 is 5.84. The normalized spacial score (nSPS) is 10.4. The molecule has 0 saturated carbocycles. The minimum Gasteiger partial charge on any atom is -0.497 e. The first-order valence-electron chi connectivity index (χ1n) is 7.72. The lowest BCUT2D eigenvalue weighted by Crippen LogP contribution is -2.20. The van der Waals surface area contributed by atoms with Crippen LogP contribution >= 0.6 is 11.6 Å². The van der Waals surface area contributed by atoms with Crippen molar-refractivity contribution in [1.29, 1.82) is 0 Å². The van der Waals surface area contributed by atoms with E-state index in [-0.39, 0.29) is 0 Å². The molecule has 0 spiro atoms. The Morgan fingerprint density at radius 1 is 1.12 bits per heavy atom. The number of anilines is 1. The predicted molar refractivity (Wildman–Crippen MR) is 98.7 cm³/mol. The zero-order valence-corrected chi connectivity index (χ0v) is 14.6. The standard InChI is InChI=1S/C19H15ClN2O4/c1-25-15-4-2-3-14(10-15)21-18(23)11-26-19(24)13-5-7-16-12(9-13)6-8-17(20)22-16/h2-10H,11H2,1H3,(H,21,23). The van der Waals surface area contributed by atoms with Gasteiger partial charge in [0.1, 0.15) is 10.9 Å². The van der Waals surface area contributed by atoms with Crippen LogP contribution in [-0.2, 0) is 9.53 Å². The minimum absolute atomic E-state index is 0.329. The van der Waals surface area contributed by atoms with Crippen molar-refractivity contribution < 1.29 is 19.1 Å². The minimum atomic E-state index is -0.595. The van der Waals surface area contributed by atoms with Crippen LogP contribution in [0.25, 0.3) is 10.9 Å². The highest BCUT2D eigenvalue weighted by atomic mass is 35.5. The fourth-order valence-corrected chi connectivity index (χ4v) is 2.49. The maximum absolute atomic E-state index is 12.1. The van der Waals surface area contributed by atoms with Gasteiger partial charge in [-0.25, -0.2) is 9.78 Å². The van der Waals surface area contributed by atoms with Crippen molar-refractivity contribution in [3.8, 4) is 5.75 Å². The summed E-state index contributed by atoms with van der Waals surface area (Å²) in [6.07, 6.45) is 0. The molecule has 0 unspecified atom stereocenters.